The van der Waals surface area contributed by atoms with E-state index >= 15 is 0 Å². The Balaban J connectivity index is 2.11. The van der Waals surface area contributed by atoms with Crippen LogP contribution >= 0.6 is 11.6 Å². The first-order valence-electron chi connectivity index (χ1n) is 5.27. The number of halogens is 3. The lowest BCUT2D eigenvalue weighted by Gasteiger charge is -2.08. The van der Waals surface area contributed by atoms with Gasteiger partial charge in [0, 0.05) is 6.54 Å². The molecule has 0 spiro atoms. The molecule has 0 bridgehead atoms. The van der Waals surface area contributed by atoms with E-state index < -0.39 is 11.6 Å². The first-order valence-corrected chi connectivity index (χ1v) is 5.65. The van der Waals surface area contributed by atoms with Gasteiger partial charge in [0.1, 0.15) is 5.02 Å². The summed E-state index contributed by atoms with van der Waals surface area (Å²) in [6.07, 6.45) is 1.37. The van der Waals surface area contributed by atoms with Crippen molar-refractivity contribution in [2.45, 2.75) is 6.54 Å². The Morgan fingerprint density at radius 2 is 2.05 bits per heavy atom. The maximum Gasteiger partial charge on any atom is 0.239 e. The summed E-state index contributed by atoms with van der Waals surface area (Å²) in [5.74, 6) is 3.91. The fraction of sp³-hybridized carbons (Fsp3) is 0.0909. The summed E-state index contributed by atoms with van der Waals surface area (Å²) in [5.41, 5.74) is 2.83. The molecule has 0 atom stereocenters. The van der Waals surface area contributed by atoms with Crippen LogP contribution in [0.2, 0.25) is 5.02 Å². The molecule has 0 saturated carbocycles. The van der Waals surface area contributed by atoms with Gasteiger partial charge in [0.15, 0.2) is 17.5 Å². The molecule has 0 aliphatic rings. The number of aromatic nitrogens is 2. The summed E-state index contributed by atoms with van der Waals surface area (Å²) >= 11 is 5.89. The van der Waals surface area contributed by atoms with Gasteiger partial charge in [-0.25, -0.2) is 19.6 Å². The Labute approximate surface area is 112 Å². The Kier molecular flexibility index (Phi) is 4.08. The normalized spacial score (nSPS) is 10.3. The molecule has 8 heteroatoms. The number of nitrogen functional groups attached to an aromatic ring is 1. The quantitative estimate of drug-likeness (QED) is 0.594. The molecule has 5 nitrogen and oxygen atoms in total. The summed E-state index contributed by atoms with van der Waals surface area (Å²) in [6.45, 7) is 0.234. The Morgan fingerprint density at radius 3 is 2.74 bits per heavy atom. The van der Waals surface area contributed by atoms with Crippen molar-refractivity contribution in [3.05, 3.63) is 46.6 Å². The zero-order valence-corrected chi connectivity index (χ0v) is 10.4. The van der Waals surface area contributed by atoms with Crippen LogP contribution in [0.1, 0.15) is 5.56 Å². The topological polar surface area (TPSA) is 75.9 Å². The summed E-state index contributed by atoms with van der Waals surface area (Å²) in [4.78, 5) is 7.80. The van der Waals surface area contributed by atoms with Crippen molar-refractivity contribution in [1.82, 2.24) is 9.97 Å². The fourth-order valence-corrected chi connectivity index (χ4v) is 1.55. The number of nitrogens with one attached hydrogen (secondary N) is 2. The van der Waals surface area contributed by atoms with Crippen LogP contribution < -0.4 is 16.6 Å². The molecule has 4 N–H and O–H groups in total. The van der Waals surface area contributed by atoms with Gasteiger partial charge in [0.2, 0.25) is 5.95 Å². The average Bonchev–Trinajstić information content (AvgIpc) is 2.41. The van der Waals surface area contributed by atoms with Crippen molar-refractivity contribution in [2.75, 3.05) is 10.7 Å². The van der Waals surface area contributed by atoms with E-state index in [0.29, 0.717) is 16.4 Å². The monoisotopic (exact) mass is 285 g/mol. The van der Waals surface area contributed by atoms with E-state index in [-0.39, 0.29) is 12.5 Å². The molecule has 1 aromatic heterocycles. The molecule has 0 aliphatic carbocycles. The van der Waals surface area contributed by atoms with E-state index in [1.165, 1.54) is 12.3 Å². The molecular weight excluding hydrogens is 276 g/mol. The van der Waals surface area contributed by atoms with Crippen molar-refractivity contribution >= 4 is 23.4 Å². The van der Waals surface area contributed by atoms with Crippen LogP contribution in [0.3, 0.4) is 0 Å². The lowest BCUT2D eigenvalue weighted by Crippen LogP contribution is -2.12. The summed E-state index contributed by atoms with van der Waals surface area (Å²) in [5, 5.41) is 3.18. The van der Waals surface area contributed by atoms with E-state index in [4.69, 9.17) is 17.4 Å². The van der Waals surface area contributed by atoms with Crippen LogP contribution in [-0.2, 0) is 6.54 Å². The van der Waals surface area contributed by atoms with Gasteiger partial charge in [-0.15, -0.1) is 0 Å². The Morgan fingerprint density at radius 1 is 1.26 bits per heavy atom. The minimum absolute atomic E-state index is 0.192. The number of hydrogen-bond acceptors (Lipinski definition) is 5. The highest BCUT2D eigenvalue weighted by atomic mass is 35.5. The highest BCUT2D eigenvalue weighted by Crippen LogP contribution is 2.20. The maximum atomic E-state index is 13.0. The summed E-state index contributed by atoms with van der Waals surface area (Å²) in [7, 11) is 0. The molecule has 0 aliphatic heterocycles. The minimum Gasteiger partial charge on any atom is -0.365 e. The van der Waals surface area contributed by atoms with Gasteiger partial charge in [-0.05, 0) is 17.7 Å². The van der Waals surface area contributed by atoms with Crippen LogP contribution in [0.15, 0.2) is 24.4 Å². The van der Waals surface area contributed by atoms with Crippen molar-refractivity contribution < 1.29 is 8.78 Å². The molecule has 0 saturated heterocycles. The largest absolute Gasteiger partial charge is 0.365 e. The summed E-state index contributed by atoms with van der Waals surface area (Å²) in [6, 6.07) is 3.61. The number of nitrogens with two attached hydrogens (primary N) is 1. The van der Waals surface area contributed by atoms with E-state index in [1.807, 2.05) is 0 Å². The zero-order chi connectivity index (χ0) is 13.8. The molecule has 2 aromatic rings. The number of rotatable bonds is 4. The van der Waals surface area contributed by atoms with E-state index in [0.717, 1.165) is 12.1 Å². The second-order valence-corrected chi connectivity index (χ2v) is 4.04. The number of hydrazine groups is 1. The molecule has 2 rings (SSSR count). The van der Waals surface area contributed by atoms with Gasteiger partial charge < -0.3 is 5.32 Å². The predicted octanol–water partition coefficient (Wildman–Crippen LogP) is 2.31. The van der Waals surface area contributed by atoms with Crippen LogP contribution in [0.5, 0.6) is 0 Å². The molecule has 1 heterocycles. The number of anilines is 2. The van der Waals surface area contributed by atoms with E-state index in [2.05, 4.69) is 20.7 Å². The second kappa shape index (κ2) is 5.77. The third-order valence-electron chi connectivity index (χ3n) is 2.32. The van der Waals surface area contributed by atoms with Crippen molar-refractivity contribution in [3.8, 4) is 0 Å². The third kappa shape index (κ3) is 3.27. The van der Waals surface area contributed by atoms with Gasteiger partial charge in [0.25, 0.3) is 0 Å². The molecule has 0 fully saturated rings. The molecule has 0 amide bonds. The van der Waals surface area contributed by atoms with Gasteiger partial charge in [-0.3, -0.25) is 5.43 Å². The third-order valence-corrected chi connectivity index (χ3v) is 2.59. The lowest BCUT2D eigenvalue weighted by atomic mass is 10.2. The van der Waals surface area contributed by atoms with Crippen LogP contribution in [0.25, 0.3) is 0 Å². The van der Waals surface area contributed by atoms with Crippen molar-refractivity contribution in [3.63, 3.8) is 0 Å². The first kappa shape index (κ1) is 13.4. The van der Waals surface area contributed by atoms with E-state index in [9.17, 15) is 8.78 Å². The second-order valence-electron chi connectivity index (χ2n) is 3.64. The maximum absolute atomic E-state index is 13.0. The fourth-order valence-electron chi connectivity index (χ4n) is 1.40. The SMILES string of the molecule is NNc1ncc(Cl)c(NCc2ccc(F)c(F)c2)n1. The van der Waals surface area contributed by atoms with Gasteiger partial charge in [-0.1, -0.05) is 17.7 Å². The van der Waals surface area contributed by atoms with Crippen molar-refractivity contribution in [2.24, 2.45) is 5.84 Å². The molecule has 1 aromatic carbocycles. The number of hydrogen-bond donors (Lipinski definition) is 3. The molecule has 19 heavy (non-hydrogen) atoms. The Bertz CT molecular complexity index is 593. The van der Waals surface area contributed by atoms with Crippen LogP contribution in [0.4, 0.5) is 20.5 Å². The first-order chi connectivity index (χ1) is 9.10. The molecule has 0 unspecified atom stereocenters. The minimum atomic E-state index is -0.905. The van der Waals surface area contributed by atoms with Gasteiger partial charge in [-0.2, -0.15) is 4.98 Å². The van der Waals surface area contributed by atoms with E-state index in [1.54, 1.807) is 0 Å². The van der Waals surface area contributed by atoms with Crippen molar-refractivity contribution in [1.29, 1.82) is 0 Å². The summed E-state index contributed by atoms with van der Waals surface area (Å²) < 4.78 is 25.8. The average molecular weight is 286 g/mol. The number of nitrogens with zero attached hydrogens (tertiary/aromatic N) is 2. The zero-order valence-electron chi connectivity index (χ0n) is 9.62. The smallest absolute Gasteiger partial charge is 0.239 e. The molecule has 100 valence electrons. The van der Waals surface area contributed by atoms with Gasteiger partial charge >= 0.3 is 0 Å². The highest BCUT2D eigenvalue weighted by molar-refractivity contribution is 6.32. The number of benzene rings is 1. The van der Waals surface area contributed by atoms with Gasteiger partial charge in [0.05, 0.1) is 6.20 Å². The Hall–Kier alpha value is -1.99. The van der Waals surface area contributed by atoms with Crippen LogP contribution in [0, 0.1) is 11.6 Å². The predicted molar refractivity (Wildman–Crippen MR) is 68.5 cm³/mol. The highest BCUT2D eigenvalue weighted by Gasteiger charge is 2.06. The molecule has 0 radical (unpaired) electrons. The molecular formula is C11H10ClF2N5. The standard InChI is InChI=1S/C11H10ClF2N5/c12-7-5-17-11(19-15)18-10(7)16-4-6-1-2-8(13)9(14)3-6/h1-3,5H,4,15H2,(H2,16,17,18,19). The lowest BCUT2D eigenvalue weighted by molar-refractivity contribution is 0.507. The van der Waals surface area contributed by atoms with Crippen LogP contribution in [-0.4, -0.2) is 9.97 Å².